The summed E-state index contributed by atoms with van der Waals surface area (Å²) in [6, 6.07) is 6.61. The number of halogens is 3. The van der Waals surface area contributed by atoms with Gasteiger partial charge in [-0.2, -0.15) is 13.8 Å². The molecule has 200 valence electrons. The summed E-state index contributed by atoms with van der Waals surface area (Å²) in [7, 11) is -5.01. The van der Waals surface area contributed by atoms with E-state index in [1.165, 1.54) is 0 Å². The van der Waals surface area contributed by atoms with E-state index < -0.39 is 56.9 Å². The van der Waals surface area contributed by atoms with E-state index in [0.717, 1.165) is 27.7 Å². The molecule has 3 heterocycles. The van der Waals surface area contributed by atoms with Crippen molar-refractivity contribution in [3.05, 3.63) is 62.4 Å². The van der Waals surface area contributed by atoms with Crippen LogP contribution in [0.1, 0.15) is 23.2 Å². The first kappa shape index (κ1) is 27.5. The lowest BCUT2D eigenvalue weighted by Crippen LogP contribution is -2.42. The number of alkyl halides is 2. The van der Waals surface area contributed by atoms with Crippen molar-refractivity contribution < 1.29 is 51.4 Å². The zero-order valence-corrected chi connectivity index (χ0v) is 21.4. The Morgan fingerprint density at radius 1 is 1.32 bits per heavy atom. The summed E-state index contributed by atoms with van der Waals surface area (Å²) < 4.78 is 60.9. The number of fused-ring (bicyclic) bond motifs is 1. The van der Waals surface area contributed by atoms with Gasteiger partial charge in [-0.15, -0.1) is 0 Å². The minimum atomic E-state index is -5.01. The lowest BCUT2D eigenvalue weighted by molar-refractivity contribution is -0.144. The molecule has 0 radical (unpaired) electrons. The molecule has 0 amide bonds. The predicted octanol–water partition coefficient (Wildman–Crippen LogP) is 2.35. The molecule has 12 nitrogen and oxygen atoms in total. The largest absolute Gasteiger partial charge is 0.469 e. The fourth-order valence-electron chi connectivity index (χ4n) is 3.73. The SMILES string of the molecule is Cc1cc(Br)c2oc(COC(=O)Cc3ccn([C@@H]4O[C@H](COP(=O)(O)O)[C@@H](O)C4(F)F)c(=O)n3)cc2c1. The van der Waals surface area contributed by atoms with Crippen molar-refractivity contribution in [1.82, 2.24) is 9.55 Å². The van der Waals surface area contributed by atoms with Crippen LogP contribution in [0.5, 0.6) is 0 Å². The Balaban J connectivity index is 1.40. The molecule has 16 heteroatoms. The third kappa shape index (κ3) is 6.14. The van der Waals surface area contributed by atoms with Crippen LogP contribution in [0.2, 0.25) is 0 Å². The summed E-state index contributed by atoms with van der Waals surface area (Å²) in [5.41, 5.74) is 0.312. The maximum Gasteiger partial charge on any atom is 0.469 e. The molecule has 37 heavy (non-hydrogen) atoms. The number of aliphatic hydroxyl groups excluding tert-OH is 1. The number of hydrogen-bond acceptors (Lipinski definition) is 9. The van der Waals surface area contributed by atoms with Crippen LogP contribution in [0.15, 0.2) is 44.1 Å². The number of aryl methyl sites for hydroxylation is 1. The molecule has 4 rings (SSSR count). The second kappa shape index (κ2) is 10.3. The highest BCUT2D eigenvalue weighted by Crippen LogP contribution is 2.44. The molecule has 1 aliphatic rings. The van der Waals surface area contributed by atoms with Crippen molar-refractivity contribution in [2.45, 2.75) is 44.3 Å². The van der Waals surface area contributed by atoms with E-state index in [0.29, 0.717) is 15.9 Å². The Labute approximate surface area is 215 Å². The average molecular weight is 609 g/mol. The number of benzene rings is 1. The van der Waals surface area contributed by atoms with Gasteiger partial charge < -0.3 is 28.8 Å². The normalized spacial score (nSPS) is 21.4. The minimum Gasteiger partial charge on any atom is -0.457 e. The zero-order chi connectivity index (χ0) is 27.1. The predicted molar refractivity (Wildman–Crippen MR) is 124 cm³/mol. The molecule has 1 aliphatic heterocycles. The number of rotatable bonds is 8. The van der Waals surface area contributed by atoms with Gasteiger partial charge in [-0.05, 0) is 52.7 Å². The van der Waals surface area contributed by atoms with Gasteiger partial charge in [0.1, 0.15) is 24.1 Å². The Bertz CT molecular complexity index is 1440. The molecule has 0 aliphatic carbocycles. The van der Waals surface area contributed by atoms with Crippen LogP contribution in [0.25, 0.3) is 11.0 Å². The molecule has 0 bridgehead atoms. The minimum absolute atomic E-state index is 0.0718. The van der Waals surface area contributed by atoms with Gasteiger partial charge >= 0.3 is 25.4 Å². The highest BCUT2D eigenvalue weighted by Gasteiger charge is 2.60. The van der Waals surface area contributed by atoms with E-state index in [1.54, 1.807) is 6.07 Å². The molecule has 1 fully saturated rings. The first-order valence-electron chi connectivity index (χ1n) is 10.6. The Morgan fingerprint density at radius 2 is 2.05 bits per heavy atom. The van der Waals surface area contributed by atoms with Crippen molar-refractivity contribution in [2.24, 2.45) is 0 Å². The van der Waals surface area contributed by atoms with Crippen molar-refractivity contribution >= 4 is 40.7 Å². The summed E-state index contributed by atoms with van der Waals surface area (Å²) in [6.07, 6.45) is -6.23. The average Bonchev–Trinajstić information content (AvgIpc) is 3.29. The molecule has 2 aromatic heterocycles. The summed E-state index contributed by atoms with van der Waals surface area (Å²) in [6.45, 7) is 0.679. The smallest absolute Gasteiger partial charge is 0.457 e. The van der Waals surface area contributed by atoms with Crippen LogP contribution in [-0.2, 0) is 36.4 Å². The molecule has 3 aromatic rings. The van der Waals surface area contributed by atoms with Crippen molar-refractivity contribution in [3.8, 4) is 0 Å². The quantitative estimate of drug-likeness (QED) is 0.253. The number of hydrogen-bond donors (Lipinski definition) is 3. The fourth-order valence-corrected chi connectivity index (χ4v) is 4.74. The van der Waals surface area contributed by atoms with Gasteiger partial charge in [0, 0.05) is 11.6 Å². The van der Waals surface area contributed by atoms with Gasteiger partial charge in [0.2, 0.25) is 6.23 Å². The fraction of sp³-hybridized carbons (Fsp3) is 0.381. The topological polar surface area (TPSA) is 171 Å². The van der Waals surface area contributed by atoms with E-state index in [4.69, 9.17) is 23.7 Å². The number of phosphoric ester groups is 1. The van der Waals surface area contributed by atoms with Crippen LogP contribution >= 0.6 is 23.8 Å². The highest BCUT2D eigenvalue weighted by molar-refractivity contribution is 9.10. The molecular formula is C21H20BrF2N2O10P. The molecule has 3 atom stereocenters. The number of furan rings is 1. The van der Waals surface area contributed by atoms with Gasteiger partial charge in [-0.25, -0.2) is 9.36 Å². The summed E-state index contributed by atoms with van der Waals surface area (Å²) in [5, 5.41) is 10.6. The van der Waals surface area contributed by atoms with Crippen molar-refractivity contribution in [3.63, 3.8) is 0 Å². The second-order valence-electron chi connectivity index (χ2n) is 8.26. The van der Waals surface area contributed by atoms with E-state index in [9.17, 15) is 28.0 Å². The number of esters is 1. The Morgan fingerprint density at radius 3 is 2.73 bits per heavy atom. The number of ether oxygens (including phenoxy) is 2. The third-order valence-corrected chi connectivity index (χ3v) is 6.47. The third-order valence-electron chi connectivity index (χ3n) is 5.39. The molecular weight excluding hydrogens is 589 g/mol. The van der Waals surface area contributed by atoms with Crippen LogP contribution in [0.3, 0.4) is 0 Å². The van der Waals surface area contributed by atoms with Gasteiger partial charge in [-0.3, -0.25) is 13.9 Å². The molecule has 0 spiro atoms. The number of aliphatic hydroxyl groups is 1. The maximum absolute atomic E-state index is 14.5. The standard InChI is InChI=1S/C21H20BrF2N2O10P/c1-10-4-11-6-13(35-17(11)14(22)5-10)8-33-16(27)7-12-2-3-26(20(29)25-12)19-21(23,24)18(28)15(36-19)9-34-37(30,31)32/h2-6,15,18-19,28H,7-9H2,1H3,(H2,30,31,32)/t15-,18-,19-/m1/s1. The number of aromatic nitrogens is 2. The van der Waals surface area contributed by atoms with Crippen LogP contribution in [0, 0.1) is 6.92 Å². The summed E-state index contributed by atoms with van der Waals surface area (Å²) >= 11 is 3.40. The molecule has 3 N–H and O–H groups in total. The van der Waals surface area contributed by atoms with Crippen LogP contribution in [0.4, 0.5) is 8.78 Å². The lowest BCUT2D eigenvalue weighted by Gasteiger charge is -2.21. The summed E-state index contributed by atoms with van der Waals surface area (Å²) in [5.74, 6) is -4.39. The molecule has 0 unspecified atom stereocenters. The van der Waals surface area contributed by atoms with Crippen molar-refractivity contribution in [2.75, 3.05) is 6.61 Å². The lowest BCUT2D eigenvalue weighted by atomic mass is 10.1. The molecule has 1 aromatic carbocycles. The number of nitrogens with zero attached hydrogens (tertiary/aromatic N) is 2. The molecule has 1 saturated heterocycles. The van der Waals surface area contributed by atoms with Crippen LogP contribution in [-0.4, -0.2) is 55.2 Å². The van der Waals surface area contributed by atoms with E-state index in [-0.39, 0.29) is 12.3 Å². The molecule has 0 saturated carbocycles. The highest BCUT2D eigenvalue weighted by atomic mass is 79.9. The number of carbonyl (C=O) groups is 1. The first-order valence-corrected chi connectivity index (χ1v) is 12.9. The van der Waals surface area contributed by atoms with Gasteiger partial charge in [0.15, 0.2) is 6.10 Å². The van der Waals surface area contributed by atoms with Gasteiger partial charge in [0.05, 0.1) is 23.2 Å². The maximum atomic E-state index is 14.5. The van der Waals surface area contributed by atoms with E-state index in [2.05, 4.69) is 25.4 Å². The first-order chi connectivity index (χ1) is 17.2. The van der Waals surface area contributed by atoms with Gasteiger partial charge in [0.25, 0.3) is 0 Å². The van der Waals surface area contributed by atoms with E-state index >= 15 is 0 Å². The zero-order valence-electron chi connectivity index (χ0n) is 18.9. The van der Waals surface area contributed by atoms with Gasteiger partial charge in [-0.1, -0.05) is 0 Å². The summed E-state index contributed by atoms with van der Waals surface area (Å²) in [4.78, 5) is 45.7. The second-order valence-corrected chi connectivity index (χ2v) is 10.4. The Kier molecular flexibility index (Phi) is 7.68. The van der Waals surface area contributed by atoms with E-state index in [1.807, 2.05) is 19.1 Å². The Hall–Kier alpha value is -2.52. The number of phosphoric acid groups is 1. The number of carbonyl (C=O) groups excluding carboxylic acids is 1. The monoisotopic (exact) mass is 608 g/mol. The van der Waals surface area contributed by atoms with Crippen LogP contribution < -0.4 is 5.69 Å². The van der Waals surface area contributed by atoms with Crippen molar-refractivity contribution in [1.29, 1.82) is 0 Å².